The summed E-state index contributed by atoms with van der Waals surface area (Å²) in [5.41, 5.74) is 3.06. The largest absolute Gasteiger partial charge is 0.465 e. The molecule has 2 N–H and O–H groups in total. The van der Waals surface area contributed by atoms with Crippen LogP contribution in [0.2, 0.25) is 5.02 Å². The van der Waals surface area contributed by atoms with Crippen molar-refractivity contribution in [2.24, 2.45) is 0 Å². The number of rotatable bonds is 5. The van der Waals surface area contributed by atoms with E-state index in [-0.39, 0.29) is 0 Å². The van der Waals surface area contributed by atoms with Crippen molar-refractivity contribution in [2.45, 2.75) is 26.2 Å². The van der Waals surface area contributed by atoms with Crippen molar-refractivity contribution in [1.29, 1.82) is 0 Å². The molecule has 0 spiro atoms. The van der Waals surface area contributed by atoms with Crippen LogP contribution >= 0.6 is 35.2 Å². The second-order valence-corrected chi connectivity index (χ2v) is 8.26. The maximum atomic E-state index is 11.8. The SMILES string of the molecule is CCC(C)c1ccccc1NC(=S)Nc1ccc2c(Cl)c(C(=O)OC)sc2c1. The summed E-state index contributed by atoms with van der Waals surface area (Å²) in [4.78, 5) is 12.2. The first-order chi connectivity index (χ1) is 13.4. The number of para-hydroxylation sites is 1. The van der Waals surface area contributed by atoms with Crippen LogP contribution in [0.4, 0.5) is 11.4 Å². The highest BCUT2D eigenvalue weighted by Crippen LogP contribution is 2.37. The number of carbonyl (C=O) groups is 1. The van der Waals surface area contributed by atoms with Crippen LogP contribution in [0.1, 0.15) is 41.4 Å². The highest BCUT2D eigenvalue weighted by Gasteiger charge is 2.18. The molecule has 1 unspecified atom stereocenters. The van der Waals surface area contributed by atoms with E-state index in [1.807, 2.05) is 36.4 Å². The van der Waals surface area contributed by atoms with Gasteiger partial charge in [0.05, 0.1) is 12.1 Å². The number of nitrogens with one attached hydrogen (secondary N) is 2. The van der Waals surface area contributed by atoms with Crippen LogP contribution in [-0.2, 0) is 4.74 Å². The van der Waals surface area contributed by atoms with Crippen LogP contribution in [0.5, 0.6) is 0 Å². The van der Waals surface area contributed by atoms with Crippen molar-refractivity contribution in [3.63, 3.8) is 0 Å². The normalized spacial score (nSPS) is 11.9. The number of carbonyl (C=O) groups excluding carboxylic acids is 1. The van der Waals surface area contributed by atoms with Crippen LogP contribution in [0.25, 0.3) is 10.1 Å². The minimum Gasteiger partial charge on any atom is -0.465 e. The molecular formula is C21H21ClN2O2S2. The van der Waals surface area contributed by atoms with Gasteiger partial charge in [-0.3, -0.25) is 0 Å². The number of hydrogen-bond acceptors (Lipinski definition) is 4. The summed E-state index contributed by atoms with van der Waals surface area (Å²) in [6.45, 7) is 4.37. The Morgan fingerprint density at radius 2 is 2.00 bits per heavy atom. The number of hydrogen-bond donors (Lipinski definition) is 2. The molecule has 0 saturated carbocycles. The number of benzene rings is 2. The summed E-state index contributed by atoms with van der Waals surface area (Å²) in [5.74, 6) is 0.00685. The molecule has 28 heavy (non-hydrogen) atoms. The molecule has 1 aromatic heterocycles. The predicted octanol–water partition coefficient (Wildman–Crippen LogP) is 6.66. The van der Waals surface area contributed by atoms with E-state index in [1.54, 1.807) is 0 Å². The van der Waals surface area contributed by atoms with Gasteiger partial charge in [-0.15, -0.1) is 11.3 Å². The third-order valence-corrected chi connectivity index (χ3v) is 6.45. The standard InChI is InChI=1S/C21H21ClN2O2S2/c1-4-12(2)14-7-5-6-8-16(14)24-21(27)23-13-9-10-15-17(11-13)28-19(18(15)22)20(25)26-3/h5-12H,4H2,1-3H3,(H2,23,24,27). The molecule has 0 aliphatic carbocycles. The van der Waals surface area contributed by atoms with Crippen molar-refractivity contribution >= 4 is 67.7 Å². The highest BCUT2D eigenvalue weighted by atomic mass is 35.5. The molecule has 4 nitrogen and oxygen atoms in total. The number of thiocarbonyl (C=S) groups is 1. The second-order valence-electron chi connectivity index (χ2n) is 6.42. The monoisotopic (exact) mass is 432 g/mol. The zero-order valence-electron chi connectivity index (χ0n) is 15.8. The minimum absolute atomic E-state index is 0.402. The fourth-order valence-electron chi connectivity index (χ4n) is 2.91. The van der Waals surface area contributed by atoms with Crippen molar-refractivity contribution < 1.29 is 9.53 Å². The van der Waals surface area contributed by atoms with Gasteiger partial charge in [0.2, 0.25) is 0 Å². The van der Waals surface area contributed by atoms with Crippen LogP contribution in [-0.4, -0.2) is 18.2 Å². The van der Waals surface area contributed by atoms with Crippen LogP contribution in [0.3, 0.4) is 0 Å². The first kappa shape index (κ1) is 20.6. The number of methoxy groups -OCH3 is 1. The van der Waals surface area contributed by atoms with E-state index in [1.165, 1.54) is 24.0 Å². The molecule has 3 aromatic rings. The van der Waals surface area contributed by atoms with Gasteiger partial charge in [0.25, 0.3) is 0 Å². The average Bonchev–Trinajstić information content (AvgIpc) is 3.03. The Morgan fingerprint density at radius 3 is 2.71 bits per heavy atom. The fraction of sp³-hybridized carbons (Fsp3) is 0.238. The second kappa shape index (κ2) is 8.90. The zero-order chi connectivity index (χ0) is 20.3. The lowest BCUT2D eigenvalue weighted by molar-refractivity contribution is 0.0606. The number of halogens is 1. The van der Waals surface area contributed by atoms with Gasteiger partial charge < -0.3 is 15.4 Å². The average molecular weight is 433 g/mol. The van der Waals surface area contributed by atoms with E-state index in [2.05, 4.69) is 30.5 Å². The molecule has 0 saturated heterocycles. The number of anilines is 2. The lowest BCUT2D eigenvalue weighted by Gasteiger charge is -2.17. The third-order valence-electron chi connectivity index (χ3n) is 4.61. The number of esters is 1. The molecule has 2 aromatic carbocycles. The Labute approximate surface area is 178 Å². The molecule has 7 heteroatoms. The number of thiophene rings is 1. The third kappa shape index (κ3) is 4.29. The zero-order valence-corrected chi connectivity index (χ0v) is 18.2. The summed E-state index contributed by atoms with van der Waals surface area (Å²) >= 11 is 13.1. The van der Waals surface area contributed by atoms with E-state index in [4.69, 9.17) is 28.6 Å². The Kier molecular flexibility index (Phi) is 6.54. The molecule has 0 aliphatic rings. The van der Waals surface area contributed by atoms with Gasteiger partial charge in [0.1, 0.15) is 4.88 Å². The molecule has 1 heterocycles. The molecule has 0 radical (unpaired) electrons. The van der Waals surface area contributed by atoms with Crippen LogP contribution in [0.15, 0.2) is 42.5 Å². The molecule has 146 valence electrons. The van der Waals surface area contributed by atoms with Gasteiger partial charge in [-0.25, -0.2) is 4.79 Å². The van der Waals surface area contributed by atoms with E-state index >= 15 is 0 Å². The van der Waals surface area contributed by atoms with Crippen LogP contribution in [0, 0.1) is 0 Å². The molecule has 3 rings (SSSR count). The van der Waals surface area contributed by atoms with Gasteiger partial charge in [0, 0.05) is 21.5 Å². The van der Waals surface area contributed by atoms with E-state index < -0.39 is 5.97 Å². The maximum Gasteiger partial charge on any atom is 0.349 e. The number of ether oxygens (including phenoxy) is 1. The molecule has 1 atom stereocenters. The Bertz CT molecular complexity index is 1030. The lowest BCUT2D eigenvalue weighted by Crippen LogP contribution is -2.20. The van der Waals surface area contributed by atoms with E-state index in [0.717, 1.165) is 27.9 Å². The van der Waals surface area contributed by atoms with Gasteiger partial charge in [-0.2, -0.15) is 0 Å². The molecule has 0 aliphatic heterocycles. The summed E-state index contributed by atoms with van der Waals surface area (Å²) in [6, 6.07) is 13.9. The molecular weight excluding hydrogens is 412 g/mol. The first-order valence-corrected chi connectivity index (χ1v) is 10.5. The Morgan fingerprint density at radius 1 is 1.25 bits per heavy atom. The first-order valence-electron chi connectivity index (χ1n) is 8.91. The maximum absolute atomic E-state index is 11.8. The smallest absolute Gasteiger partial charge is 0.349 e. The summed E-state index contributed by atoms with van der Waals surface area (Å²) in [7, 11) is 1.34. The van der Waals surface area contributed by atoms with E-state index in [0.29, 0.717) is 20.9 Å². The highest BCUT2D eigenvalue weighted by molar-refractivity contribution is 7.80. The predicted molar refractivity (Wildman–Crippen MR) is 123 cm³/mol. The fourth-order valence-corrected chi connectivity index (χ4v) is 4.61. The Hall–Kier alpha value is -2.15. The Balaban J connectivity index is 1.80. The van der Waals surface area contributed by atoms with Gasteiger partial charge >= 0.3 is 5.97 Å². The molecule has 0 fully saturated rings. The summed E-state index contributed by atoms with van der Waals surface area (Å²) in [5, 5.41) is 8.24. The van der Waals surface area contributed by atoms with Crippen LogP contribution < -0.4 is 10.6 Å². The van der Waals surface area contributed by atoms with Gasteiger partial charge in [0.15, 0.2) is 5.11 Å². The van der Waals surface area contributed by atoms with Gasteiger partial charge in [-0.1, -0.05) is 43.6 Å². The van der Waals surface area contributed by atoms with E-state index in [9.17, 15) is 4.79 Å². The topological polar surface area (TPSA) is 50.4 Å². The summed E-state index contributed by atoms with van der Waals surface area (Å²) < 4.78 is 5.68. The molecule has 0 amide bonds. The van der Waals surface area contributed by atoms with Crippen molar-refractivity contribution in [3.8, 4) is 0 Å². The van der Waals surface area contributed by atoms with Crippen molar-refractivity contribution in [3.05, 3.63) is 57.9 Å². The number of fused-ring (bicyclic) bond motifs is 1. The minimum atomic E-state index is -0.431. The van der Waals surface area contributed by atoms with Gasteiger partial charge in [-0.05, 0) is 54.4 Å². The molecule has 0 bridgehead atoms. The van der Waals surface area contributed by atoms with Crippen molar-refractivity contribution in [2.75, 3.05) is 17.7 Å². The lowest BCUT2D eigenvalue weighted by atomic mass is 9.97. The quantitative estimate of drug-likeness (QED) is 0.348. The summed E-state index contributed by atoms with van der Waals surface area (Å²) in [6.07, 6.45) is 1.05. The van der Waals surface area contributed by atoms with Crippen molar-refractivity contribution in [1.82, 2.24) is 0 Å².